The van der Waals surface area contributed by atoms with Gasteiger partial charge in [0.15, 0.2) is 0 Å². The van der Waals surface area contributed by atoms with Gasteiger partial charge in [-0.25, -0.2) is 0 Å². The second kappa shape index (κ2) is 6.64. The number of carboxylic acid groups (broad SMARTS) is 1. The minimum Gasteiger partial charge on any atom is -0.481 e. The number of aliphatic carboxylic acids is 1. The Bertz CT molecular complexity index is 559. The molecule has 1 aliphatic heterocycles. The Morgan fingerprint density at radius 1 is 1.38 bits per heavy atom. The minimum atomic E-state index is -0.792. The van der Waals surface area contributed by atoms with Gasteiger partial charge >= 0.3 is 5.97 Å². The largest absolute Gasteiger partial charge is 0.481 e. The number of likely N-dealkylation sites (tertiary alicyclic amines) is 1. The monoisotopic (exact) mass is 330 g/mol. The molecule has 0 radical (unpaired) electrons. The molecule has 1 aromatic rings. The van der Waals surface area contributed by atoms with E-state index in [9.17, 15) is 9.59 Å². The fraction of sp³-hybridized carbons (Fsp3) is 0.429. The van der Waals surface area contributed by atoms with E-state index in [0.29, 0.717) is 28.8 Å². The summed E-state index contributed by atoms with van der Waals surface area (Å²) in [7, 11) is 0. The van der Waals surface area contributed by atoms with Crippen molar-refractivity contribution in [2.75, 3.05) is 25.0 Å². The van der Waals surface area contributed by atoms with Gasteiger partial charge in [0.2, 0.25) is 5.91 Å². The summed E-state index contributed by atoms with van der Waals surface area (Å²) in [5.41, 5.74) is 0.588. The van der Waals surface area contributed by atoms with Crippen LogP contribution in [0.2, 0.25) is 10.0 Å². The van der Waals surface area contributed by atoms with Gasteiger partial charge in [0.05, 0.1) is 22.5 Å². The molecule has 7 heteroatoms. The molecule has 5 nitrogen and oxygen atoms in total. The number of carboxylic acids is 1. The number of amides is 1. The van der Waals surface area contributed by atoms with Crippen molar-refractivity contribution in [3.05, 3.63) is 28.2 Å². The number of nitrogens with one attached hydrogen (secondary N) is 1. The number of hydrogen-bond donors (Lipinski definition) is 2. The molecule has 0 aliphatic carbocycles. The minimum absolute atomic E-state index is 0.111. The molecule has 0 saturated carbocycles. The summed E-state index contributed by atoms with van der Waals surface area (Å²) in [4.78, 5) is 24.6. The van der Waals surface area contributed by atoms with Gasteiger partial charge in [0, 0.05) is 18.8 Å². The van der Waals surface area contributed by atoms with E-state index in [1.165, 1.54) is 0 Å². The van der Waals surface area contributed by atoms with Crippen molar-refractivity contribution in [2.45, 2.75) is 6.92 Å². The Morgan fingerprint density at radius 3 is 2.62 bits per heavy atom. The number of carbonyl (C=O) groups excluding carboxylic acids is 1. The van der Waals surface area contributed by atoms with Crippen molar-refractivity contribution in [3.8, 4) is 0 Å². The summed E-state index contributed by atoms with van der Waals surface area (Å²) >= 11 is 11.7. The van der Waals surface area contributed by atoms with Gasteiger partial charge in [-0.05, 0) is 24.1 Å². The molecule has 0 spiro atoms. The topological polar surface area (TPSA) is 69.6 Å². The molecule has 1 heterocycles. The molecule has 1 fully saturated rings. The van der Waals surface area contributed by atoms with Crippen LogP contribution in [-0.2, 0) is 9.59 Å². The normalized spacial score (nSPS) is 17.1. The van der Waals surface area contributed by atoms with Gasteiger partial charge in [0.1, 0.15) is 0 Å². The molecular formula is C14H16Cl2N2O3. The molecule has 1 unspecified atom stereocenters. The lowest BCUT2D eigenvalue weighted by atomic mass is 9.87. The quantitative estimate of drug-likeness (QED) is 0.870. The molecule has 1 saturated heterocycles. The SMILES string of the molecule is CC(C(=O)O)C1CN(CC(=O)Nc2ccc(Cl)c(Cl)c2)C1. The first-order valence-corrected chi connectivity index (χ1v) is 7.32. The number of halogens is 2. The second-order valence-electron chi connectivity index (χ2n) is 5.26. The van der Waals surface area contributed by atoms with Crippen LogP contribution in [0.5, 0.6) is 0 Å². The second-order valence-corrected chi connectivity index (χ2v) is 6.07. The summed E-state index contributed by atoms with van der Waals surface area (Å²) < 4.78 is 0. The van der Waals surface area contributed by atoms with E-state index in [-0.39, 0.29) is 24.3 Å². The van der Waals surface area contributed by atoms with Gasteiger partial charge < -0.3 is 10.4 Å². The van der Waals surface area contributed by atoms with Crippen molar-refractivity contribution < 1.29 is 14.7 Å². The average molecular weight is 331 g/mol. The highest BCUT2D eigenvalue weighted by atomic mass is 35.5. The molecule has 114 valence electrons. The zero-order chi connectivity index (χ0) is 15.6. The number of nitrogens with zero attached hydrogens (tertiary/aromatic N) is 1. The molecule has 1 aromatic carbocycles. The lowest BCUT2D eigenvalue weighted by Crippen LogP contribution is -2.53. The van der Waals surface area contributed by atoms with Crippen LogP contribution in [0.25, 0.3) is 0 Å². The number of rotatable bonds is 5. The van der Waals surface area contributed by atoms with E-state index < -0.39 is 5.97 Å². The van der Waals surface area contributed by atoms with Crippen LogP contribution < -0.4 is 5.32 Å². The molecule has 1 aliphatic rings. The summed E-state index contributed by atoms with van der Waals surface area (Å²) in [6, 6.07) is 4.89. The van der Waals surface area contributed by atoms with Gasteiger partial charge in [-0.1, -0.05) is 30.1 Å². The Morgan fingerprint density at radius 2 is 2.05 bits per heavy atom. The van der Waals surface area contributed by atoms with Crippen molar-refractivity contribution in [1.29, 1.82) is 0 Å². The van der Waals surface area contributed by atoms with E-state index in [0.717, 1.165) is 0 Å². The van der Waals surface area contributed by atoms with Crippen LogP contribution in [-0.4, -0.2) is 41.5 Å². The highest BCUT2D eigenvalue weighted by Crippen LogP contribution is 2.26. The smallest absolute Gasteiger partial charge is 0.306 e. The van der Waals surface area contributed by atoms with E-state index in [2.05, 4.69) is 5.32 Å². The third kappa shape index (κ3) is 4.09. The first-order valence-electron chi connectivity index (χ1n) is 6.57. The predicted octanol–water partition coefficient (Wildman–Crippen LogP) is 2.58. The van der Waals surface area contributed by atoms with E-state index >= 15 is 0 Å². The Balaban J connectivity index is 1.79. The summed E-state index contributed by atoms with van der Waals surface area (Å²) in [6.07, 6.45) is 0. The van der Waals surface area contributed by atoms with E-state index in [1.807, 2.05) is 4.90 Å². The third-order valence-electron chi connectivity index (χ3n) is 3.65. The van der Waals surface area contributed by atoms with Gasteiger partial charge in [0.25, 0.3) is 0 Å². The Hall–Kier alpha value is -1.30. The number of hydrogen-bond acceptors (Lipinski definition) is 3. The fourth-order valence-electron chi connectivity index (χ4n) is 2.23. The zero-order valence-corrected chi connectivity index (χ0v) is 13.0. The van der Waals surface area contributed by atoms with Crippen molar-refractivity contribution in [3.63, 3.8) is 0 Å². The Labute approximate surface area is 132 Å². The zero-order valence-electron chi connectivity index (χ0n) is 11.5. The Kier molecular flexibility index (Phi) is 5.08. The van der Waals surface area contributed by atoms with Crippen LogP contribution >= 0.6 is 23.2 Å². The van der Waals surface area contributed by atoms with Crippen LogP contribution in [0.1, 0.15) is 6.92 Å². The maximum absolute atomic E-state index is 11.9. The molecule has 0 bridgehead atoms. The number of benzene rings is 1. The van der Waals surface area contributed by atoms with Gasteiger partial charge in [-0.3, -0.25) is 14.5 Å². The molecule has 0 aromatic heterocycles. The molecule has 2 N–H and O–H groups in total. The molecule has 2 rings (SSSR count). The van der Waals surface area contributed by atoms with Gasteiger partial charge in [-0.15, -0.1) is 0 Å². The van der Waals surface area contributed by atoms with E-state index in [1.54, 1.807) is 25.1 Å². The van der Waals surface area contributed by atoms with Gasteiger partial charge in [-0.2, -0.15) is 0 Å². The van der Waals surface area contributed by atoms with Crippen LogP contribution in [0.4, 0.5) is 5.69 Å². The lowest BCUT2D eigenvalue weighted by Gasteiger charge is -2.40. The van der Waals surface area contributed by atoms with Crippen LogP contribution in [0.3, 0.4) is 0 Å². The van der Waals surface area contributed by atoms with Crippen molar-refractivity contribution in [1.82, 2.24) is 4.90 Å². The molecule has 21 heavy (non-hydrogen) atoms. The molecular weight excluding hydrogens is 315 g/mol. The standard InChI is InChI=1S/C14H16Cl2N2O3/c1-8(14(20)21)9-5-18(6-9)7-13(19)17-10-2-3-11(15)12(16)4-10/h2-4,8-9H,5-7H2,1H3,(H,17,19)(H,20,21). The summed E-state index contributed by atoms with van der Waals surface area (Å²) in [6.45, 7) is 3.19. The van der Waals surface area contributed by atoms with Crippen molar-refractivity contribution >= 4 is 40.8 Å². The fourth-order valence-corrected chi connectivity index (χ4v) is 2.53. The van der Waals surface area contributed by atoms with Crippen LogP contribution in [0, 0.1) is 11.8 Å². The maximum Gasteiger partial charge on any atom is 0.306 e. The first-order chi connectivity index (χ1) is 9.86. The maximum atomic E-state index is 11.9. The molecule has 1 atom stereocenters. The predicted molar refractivity (Wildman–Crippen MR) is 81.8 cm³/mol. The first kappa shape index (κ1) is 16.1. The number of carbonyl (C=O) groups is 2. The van der Waals surface area contributed by atoms with Crippen molar-refractivity contribution in [2.24, 2.45) is 11.8 Å². The number of anilines is 1. The van der Waals surface area contributed by atoms with E-state index in [4.69, 9.17) is 28.3 Å². The summed E-state index contributed by atoms with van der Waals surface area (Å²) in [5.74, 6) is -1.21. The third-order valence-corrected chi connectivity index (χ3v) is 4.39. The summed E-state index contributed by atoms with van der Waals surface area (Å²) in [5, 5.41) is 12.5. The highest BCUT2D eigenvalue weighted by Gasteiger charge is 2.35. The lowest BCUT2D eigenvalue weighted by molar-refractivity contribution is -0.145. The molecule has 1 amide bonds. The average Bonchev–Trinajstić information content (AvgIpc) is 2.37. The van der Waals surface area contributed by atoms with Crippen LogP contribution in [0.15, 0.2) is 18.2 Å². The highest BCUT2D eigenvalue weighted by molar-refractivity contribution is 6.42.